The average Bonchev–Trinajstić information content (AvgIpc) is 2.30. The number of carboxylic acids is 1. The Balaban J connectivity index is 2.17. The van der Waals surface area contributed by atoms with E-state index in [4.69, 9.17) is 9.84 Å². The lowest BCUT2D eigenvalue weighted by molar-refractivity contribution is 0.0690. The summed E-state index contributed by atoms with van der Waals surface area (Å²) in [7, 11) is 0. The summed E-state index contributed by atoms with van der Waals surface area (Å²) >= 11 is 0. The molecule has 1 aromatic rings. The first-order valence-electron chi connectivity index (χ1n) is 5.08. The van der Waals surface area contributed by atoms with Crippen LogP contribution in [-0.2, 0) is 4.74 Å². The molecule has 0 aliphatic carbocycles. The van der Waals surface area contributed by atoms with Crippen LogP contribution in [0.3, 0.4) is 0 Å². The van der Waals surface area contributed by atoms with Crippen molar-refractivity contribution in [3.63, 3.8) is 0 Å². The van der Waals surface area contributed by atoms with Crippen molar-refractivity contribution in [2.24, 2.45) is 0 Å². The molecule has 1 atom stereocenters. The minimum absolute atomic E-state index is 0.0373. The minimum atomic E-state index is -1.06. The van der Waals surface area contributed by atoms with Crippen LogP contribution >= 0.6 is 0 Å². The van der Waals surface area contributed by atoms with E-state index in [1.807, 2.05) is 6.92 Å². The maximum absolute atomic E-state index is 10.6. The molecule has 1 saturated heterocycles. The first-order chi connectivity index (χ1) is 7.68. The lowest BCUT2D eigenvalue weighted by Gasteiger charge is -2.33. The van der Waals surface area contributed by atoms with Gasteiger partial charge in [-0.1, -0.05) is 0 Å². The Kier molecular flexibility index (Phi) is 3.00. The van der Waals surface area contributed by atoms with E-state index < -0.39 is 5.97 Å². The van der Waals surface area contributed by atoms with Crippen molar-refractivity contribution in [3.8, 4) is 0 Å². The Morgan fingerprint density at radius 2 is 2.38 bits per heavy atom. The normalized spacial score (nSPS) is 20.8. The minimum Gasteiger partial charge on any atom is -0.476 e. The Hall–Kier alpha value is -1.69. The molecule has 0 saturated carbocycles. The van der Waals surface area contributed by atoms with Crippen molar-refractivity contribution in [1.82, 2.24) is 9.97 Å². The van der Waals surface area contributed by atoms with Gasteiger partial charge in [-0.05, 0) is 6.92 Å². The van der Waals surface area contributed by atoms with Gasteiger partial charge in [-0.3, -0.25) is 0 Å². The SMILES string of the molecule is C[C@@H]1COCCN1c1cnc(C(=O)O)cn1. The molecule has 2 heterocycles. The lowest BCUT2D eigenvalue weighted by Crippen LogP contribution is -2.44. The number of aromatic carboxylic acids is 1. The first kappa shape index (κ1) is 10.8. The monoisotopic (exact) mass is 223 g/mol. The molecule has 1 aliphatic heterocycles. The third-order valence-corrected chi connectivity index (χ3v) is 2.52. The average molecular weight is 223 g/mol. The number of ether oxygens (including phenoxy) is 1. The number of aromatic nitrogens is 2. The van der Waals surface area contributed by atoms with Crippen LogP contribution in [0.5, 0.6) is 0 Å². The quantitative estimate of drug-likeness (QED) is 0.782. The van der Waals surface area contributed by atoms with Crippen LogP contribution in [-0.4, -0.2) is 46.8 Å². The molecule has 0 aromatic carbocycles. The molecular formula is C10H13N3O3. The number of hydrogen-bond donors (Lipinski definition) is 1. The number of carboxylic acid groups (broad SMARTS) is 1. The van der Waals surface area contributed by atoms with E-state index in [0.717, 1.165) is 6.54 Å². The van der Waals surface area contributed by atoms with Crippen LogP contribution in [0.25, 0.3) is 0 Å². The Labute approximate surface area is 92.9 Å². The van der Waals surface area contributed by atoms with Gasteiger partial charge in [0.2, 0.25) is 0 Å². The van der Waals surface area contributed by atoms with Crippen LogP contribution < -0.4 is 4.90 Å². The fourth-order valence-electron chi connectivity index (χ4n) is 1.65. The van der Waals surface area contributed by atoms with E-state index in [1.54, 1.807) is 0 Å². The molecule has 6 heteroatoms. The molecule has 0 amide bonds. The van der Waals surface area contributed by atoms with Gasteiger partial charge in [0, 0.05) is 6.54 Å². The number of anilines is 1. The molecule has 0 bridgehead atoms. The van der Waals surface area contributed by atoms with Crippen molar-refractivity contribution < 1.29 is 14.6 Å². The Morgan fingerprint density at radius 3 is 2.94 bits per heavy atom. The number of morpholine rings is 1. The molecule has 0 unspecified atom stereocenters. The zero-order valence-electron chi connectivity index (χ0n) is 8.96. The van der Waals surface area contributed by atoms with Gasteiger partial charge in [-0.15, -0.1) is 0 Å². The Morgan fingerprint density at radius 1 is 1.56 bits per heavy atom. The second-order valence-corrected chi connectivity index (χ2v) is 3.68. The van der Waals surface area contributed by atoms with Crippen LogP contribution in [0.1, 0.15) is 17.4 Å². The van der Waals surface area contributed by atoms with Crippen molar-refractivity contribution in [2.75, 3.05) is 24.7 Å². The zero-order valence-corrected chi connectivity index (χ0v) is 8.96. The topological polar surface area (TPSA) is 75.5 Å². The molecule has 2 rings (SSSR count). The maximum atomic E-state index is 10.6. The van der Waals surface area contributed by atoms with Gasteiger partial charge in [0.05, 0.1) is 31.6 Å². The highest BCUT2D eigenvalue weighted by Gasteiger charge is 2.20. The van der Waals surface area contributed by atoms with Gasteiger partial charge in [0.25, 0.3) is 0 Å². The summed E-state index contributed by atoms with van der Waals surface area (Å²) in [5, 5.41) is 8.70. The summed E-state index contributed by atoms with van der Waals surface area (Å²) in [6.07, 6.45) is 2.77. The summed E-state index contributed by atoms with van der Waals surface area (Å²) < 4.78 is 5.31. The van der Waals surface area contributed by atoms with Gasteiger partial charge in [-0.25, -0.2) is 14.8 Å². The van der Waals surface area contributed by atoms with Gasteiger partial charge in [0.15, 0.2) is 5.69 Å². The van der Waals surface area contributed by atoms with Crippen LogP contribution in [0.4, 0.5) is 5.82 Å². The molecule has 0 spiro atoms. The van der Waals surface area contributed by atoms with Gasteiger partial charge in [0.1, 0.15) is 5.82 Å². The van der Waals surface area contributed by atoms with Gasteiger partial charge < -0.3 is 14.7 Å². The van der Waals surface area contributed by atoms with Gasteiger partial charge >= 0.3 is 5.97 Å². The van der Waals surface area contributed by atoms with Crippen molar-refractivity contribution in [3.05, 3.63) is 18.1 Å². The van der Waals surface area contributed by atoms with Crippen molar-refractivity contribution >= 4 is 11.8 Å². The first-order valence-corrected chi connectivity index (χ1v) is 5.08. The molecule has 1 fully saturated rings. The molecule has 86 valence electrons. The second kappa shape index (κ2) is 4.44. The molecule has 6 nitrogen and oxygen atoms in total. The third kappa shape index (κ3) is 2.11. The summed E-state index contributed by atoms with van der Waals surface area (Å²) in [5.41, 5.74) is -0.0373. The summed E-state index contributed by atoms with van der Waals surface area (Å²) in [6, 6.07) is 0.235. The highest BCUT2D eigenvalue weighted by molar-refractivity contribution is 5.84. The predicted molar refractivity (Wildman–Crippen MR) is 56.6 cm³/mol. The van der Waals surface area contributed by atoms with E-state index in [9.17, 15) is 4.79 Å². The van der Waals surface area contributed by atoms with Crippen molar-refractivity contribution in [1.29, 1.82) is 0 Å². The largest absolute Gasteiger partial charge is 0.476 e. The molecule has 1 N–H and O–H groups in total. The fraction of sp³-hybridized carbons (Fsp3) is 0.500. The summed E-state index contributed by atoms with van der Waals surface area (Å²) in [4.78, 5) is 20.6. The third-order valence-electron chi connectivity index (χ3n) is 2.52. The summed E-state index contributed by atoms with van der Waals surface area (Å²) in [6.45, 7) is 4.10. The molecule has 1 aromatic heterocycles. The van der Waals surface area contributed by atoms with E-state index in [-0.39, 0.29) is 11.7 Å². The Bertz CT molecular complexity index is 379. The van der Waals surface area contributed by atoms with E-state index in [1.165, 1.54) is 12.4 Å². The van der Waals surface area contributed by atoms with Crippen molar-refractivity contribution in [2.45, 2.75) is 13.0 Å². The van der Waals surface area contributed by atoms with E-state index in [2.05, 4.69) is 14.9 Å². The van der Waals surface area contributed by atoms with Gasteiger partial charge in [-0.2, -0.15) is 0 Å². The molecule has 1 aliphatic rings. The zero-order chi connectivity index (χ0) is 11.5. The van der Waals surface area contributed by atoms with Crippen LogP contribution in [0.2, 0.25) is 0 Å². The predicted octanol–water partition coefficient (Wildman–Crippen LogP) is 0.400. The fourth-order valence-corrected chi connectivity index (χ4v) is 1.65. The highest BCUT2D eigenvalue weighted by atomic mass is 16.5. The lowest BCUT2D eigenvalue weighted by atomic mass is 10.2. The van der Waals surface area contributed by atoms with Crippen LogP contribution in [0, 0.1) is 0 Å². The number of rotatable bonds is 2. The molecule has 0 radical (unpaired) electrons. The van der Waals surface area contributed by atoms with Crippen LogP contribution in [0.15, 0.2) is 12.4 Å². The number of nitrogens with zero attached hydrogens (tertiary/aromatic N) is 3. The molecular weight excluding hydrogens is 210 g/mol. The second-order valence-electron chi connectivity index (χ2n) is 3.68. The summed E-state index contributed by atoms with van der Waals surface area (Å²) in [5.74, 6) is -0.366. The maximum Gasteiger partial charge on any atom is 0.356 e. The standard InChI is InChI=1S/C10H13N3O3/c1-7-6-16-3-2-13(7)9-5-11-8(4-12-9)10(14)15/h4-5,7H,2-3,6H2,1H3,(H,14,15)/t7-/m1/s1. The number of carbonyl (C=O) groups is 1. The van der Waals surface area contributed by atoms with E-state index >= 15 is 0 Å². The van der Waals surface area contributed by atoms with E-state index in [0.29, 0.717) is 19.0 Å². The highest BCUT2D eigenvalue weighted by Crippen LogP contribution is 2.15. The number of hydrogen-bond acceptors (Lipinski definition) is 5. The molecule has 16 heavy (non-hydrogen) atoms. The smallest absolute Gasteiger partial charge is 0.356 e.